The Balaban J connectivity index is 1.56. The van der Waals surface area contributed by atoms with Gasteiger partial charge in [0.1, 0.15) is 5.58 Å². The maximum Gasteiger partial charge on any atom is 0.287 e. The van der Waals surface area contributed by atoms with Gasteiger partial charge in [0.25, 0.3) is 5.91 Å². The highest BCUT2D eigenvalue weighted by Crippen LogP contribution is 2.36. The number of nitrogens with zero attached hydrogens (tertiary/aromatic N) is 1. The Labute approximate surface area is 159 Å². The van der Waals surface area contributed by atoms with E-state index < -0.39 is 0 Å². The molecule has 1 aromatic carbocycles. The van der Waals surface area contributed by atoms with Crippen molar-refractivity contribution >= 4 is 16.9 Å². The first kappa shape index (κ1) is 17.7. The Morgan fingerprint density at radius 1 is 1.15 bits per heavy atom. The van der Waals surface area contributed by atoms with E-state index in [2.05, 4.69) is 10.3 Å². The monoisotopic (exact) mass is 363 g/mol. The molecule has 2 heterocycles. The highest BCUT2D eigenvalue weighted by atomic mass is 16.3. The Morgan fingerprint density at radius 2 is 1.93 bits per heavy atom. The average Bonchev–Trinajstić information content (AvgIpc) is 3.17. The molecule has 5 heteroatoms. The van der Waals surface area contributed by atoms with E-state index in [1.165, 1.54) is 0 Å². The first-order chi connectivity index (χ1) is 13.2. The summed E-state index contributed by atoms with van der Waals surface area (Å²) in [6.07, 6.45) is 6.07. The molecule has 27 heavy (non-hydrogen) atoms. The van der Waals surface area contributed by atoms with Gasteiger partial charge in [-0.25, -0.2) is 0 Å². The molecule has 1 saturated carbocycles. The zero-order chi connectivity index (χ0) is 18.6. The van der Waals surface area contributed by atoms with Crippen LogP contribution in [0.15, 0.2) is 59.1 Å². The molecule has 0 bridgehead atoms. The van der Waals surface area contributed by atoms with Crippen LogP contribution in [0.1, 0.15) is 48.0 Å². The van der Waals surface area contributed by atoms with E-state index >= 15 is 0 Å². The predicted octanol–water partition coefficient (Wildman–Crippen LogP) is 4.06. The number of fused-ring (bicyclic) bond motifs is 1. The third kappa shape index (κ3) is 3.88. The number of carbonyl (C=O) groups excluding carboxylic acids is 1. The van der Waals surface area contributed by atoms with E-state index in [1.54, 1.807) is 12.3 Å². The Hall–Kier alpha value is -2.66. The molecular weight excluding hydrogens is 338 g/mol. The first-order valence-electron chi connectivity index (χ1n) is 9.65. The molecule has 3 aromatic rings. The number of pyridine rings is 1. The van der Waals surface area contributed by atoms with Crippen molar-refractivity contribution in [3.8, 4) is 0 Å². The summed E-state index contributed by atoms with van der Waals surface area (Å²) in [4.78, 5) is 17.4. The number of nitrogens with two attached hydrogens (primary N) is 1. The van der Waals surface area contributed by atoms with Crippen molar-refractivity contribution in [3.05, 3.63) is 66.2 Å². The zero-order valence-electron chi connectivity index (χ0n) is 15.3. The number of carbonyl (C=O) groups is 1. The molecule has 0 aliphatic heterocycles. The fraction of sp³-hybridized carbons (Fsp3) is 0.364. The number of furan rings is 1. The van der Waals surface area contributed by atoms with E-state index in [1.807, 2.05) is 42.5 Å². The van der Waals surface area contributed by atoms with Crippen LogP contribution in [0.3, 0.4) is 0 Å². The highest BCUT2D eigenvalue weighted by molar-refractivity contribution is 5.96. The molecule has 140 valence electrons. The number of rotatable bonds is 5. The lowest BCUT2D eigenvalue weighted by atomic mass is 9.77. The number of hydrogen-bond acceptors (Lipinski definition) is 4. The minimum Gasteiger partial charge on any atom is -0.451 e. The fourth-order valence-electron chi connectivity index (χ4n) is 4.06. The first-order valence-corrected chi connectivity index (χ1v) is 9.65. The van der Waals surface area contributed by atoms with E-state index in [9.17, 15) is 4.79 Å². The molecule has 1 atom stereocenters. The Morgan fingerprint density at radius 3 is 2.63 bits per heavy atom. The van der Waals surface area contributed by atoms with Crippen molar-refractivity contribution in [2.24, 2.45) is 17.6 Å². The second-order valence-electron chi connectivity index (χ2n) is 7.37. The van der Waals surface area contributed by atoms with Gasteiger partial charge in [0.2, 0.25) is 0 Å². The van der Waals surface area contributed by atoms with E-state index in [4.69, 9.17) is 10.2 Å². The van der Waals surface area contributed by atoms with Gasteiger partial charge in [0.15, 0.2) is 5.76 Å². The Bertz CT molecular complexity index is 865. The van der Waals surface area contributed by atoms with Crippen LogP contribution >= 0.6 is 0 Å². The fourth-order valence-corrected chi connectivity index (χ4v) is 4.06. The standard InChI is InChI=1S/C22H25N3O2/c23-14-15-8-10-16(11-9-15)21(18-6-3-4-12-24-18)25-22(26)20-13-17-5-1-2-7-19(17)27-20/h1-7,12-13,15-16,21H,8-11,14,23H2,(H,25,26)/t15?,16?,21-/m1/s1. The lowest BCUT2D eigenvalue weighted by Gasteiger charge is -2.33. The largest absolute Gasteiger partial charge is 0.451 e. The van der Waals surface area contributed by atoms with E-state index in [-0.39, 0.29) is 11.9 Å². The predicted molar refractivity (Wildman–Crippen MR) is 105 cm³/mol. The van der Waals surface area contributed by atoms with Crippen LogP contribution in [0, 0.1) is 11.8 Å². The van der Waals surface area contributed by atoms with E-state index in [0.29, 0.717) is 17.6 Å². The molecule has 1 fully saturated rings. The summed E-state index contributed by atoms with van der Waals surface area (Å²) in [6, 6.07) is 15.2. The Kier molecular flexibility index (Phi) is 5.21. The molecule has 1 aliphatic carbocycles. The van der Waals surface area contributed by atoms with Crippen LogP contribution < -0.4 is 11.1 Å². The summed E-state index contributed by atoms with van der Waals surface area (Å²) in [6.45, 7) is 0.742. The number of aromatic nitrogens is 1. The quantitative estimate of drug-likeness (QED) is 0.716. The van der Waals surface area contributed by atoms with Crippen molar-refractivity contribution in [1.29, 1.82) is 0 Å². The summed E-state index contributed by atoms with van der Waals surface area (Å²) in [5.74, 6) is 1.10. The molecule has 0 saturated heterocycles. The third-order valence-electron chi connectivity index (χ3n) is 5.64. The minimum absolute atomic E-state index is 0.120. The summed E-state index contributed by atoms with van der Waals surface area (Å²) in [5.41, 5.74) is 7.46. The lowest BCUT2D eigenvalue weighted by Crippen LogP contribution is -2.36. The van der Waals surface area contributed by atoms with Crippen molar-refractivity contribution in [1.82, 2.24) is 10.3 Å². The summed E-state index contributed by atoms with van der Waals surface area (Å²) >= 11 is 0. The van der Waals surface area contributed by atoms with Crippen LogP contribution in [0.4, 0.5) is 0 Å². The smallest absolute Gasteiger partial charge is 0.287 e. The minimum atomic E-state index is -0.192. The highest BCUT2D eigenvalue weighted by Gasteiger charge is 2.31. The molecule has 4 rings (SSSR count). The van der Waals surface area contributed by atoms with Crippen molar-refractivity contribution in [3.63, 3.8) is 0 Å². The van der Waals surface area contributed by atoms with Crippen LogP contribution in [-0.4, -0.2) is 17.4 Å². The topological polar surface area (TPSA) is 81.1 Å². The van der Waals surface area contributed by atoms with Crippen molar-refractivity contribution in [2.75, 3.05) is 6.54 Å². The SMILES string of the molecule is NCC1CCC([C@@H](NC(=O)c2cc3ccccc3o2)c2ccccn2)CC1. The van der Waals surface area contributed by atoms with Gasteiger partial charge in [-0.1, -0.05) is 24.3 Å². The van der Waals surface area contributed by atoms with Gasteiger partial charge in [0, 0.05) is 11.6 Å². The van der Waals surface area contributed by atoms with Crippen molar-refractivity contribution in [2.45, 2.75) is 31.7 Å². The van der Waals surface area contributed by atoms with Crippen LogP contribution in [0.25, 0.3) is 11.0 Å². The van der Waals surface area contributed by atoms with Crippen LogP contribution in [0.5, 0.6) is 0 Å². The molecule has 1 aliphatic rings. The third-order valence-corrected chi connectivity index (χ3v) is 5.64. The van der Waals surface area contributed by atoms with Gasteiger partial charge in [-0.05, 0) is 68.3 Å². The zero-order valence-corrected chi connectivity index (χ0v) is 15.3. The van der Waals surface area contributed by atoms with Gasteiger partial charge < -0.3 is 15.5 Å². The molecule has 0 radical (unpaired) electrons. The van der Waals surface area contributed by atoms with E-state index in [0.717, 1.165) is 48.9 Å². The molecule has 5 nitrogen and oxygen atoms in total. The van der Waals surface area contributed by atoms with Gasteiger partial charge in [-0.2, -0.15) is 0 Å². The molecule has 3 N–H and O–H groups in total. The van der Waals surface area contributed by atoms with Gasteiger partial charge >= 0.3 is 0 Å². The summed E-state index contributed by atoms with van der Waals surface area (Å²) in [7, 11) is 0. The number of para-hydroxylation sites is 1. The molecule has 2 aromatic heterocycles. The second kappa shape index (κ2) is 7.92. The number of nitrogens with one attached hydrogen (secondary N) is 1. The number of benzene rings is 1. The normalized spacial score (nSPS) is 21.1. The van der Waals surface area contributed by atoms with Crippen molar-refractivity contribution < 1.29 is 9.21 Å². The lowest BCUT2D eigenvalue weighted by molar-refractivity contribution is 0.0879. The molecule has 0 spiro atoms. The maximum atomic E-state index is 12.9. The maximum absolute atomic E-state index is 12.9. The summed E-state index contributed by atoms with van der Waals surface area (Å²) in [5, 5.41) is 4.12. The number of hydrogen-bond donors (Lipinski definition) is 2. The van der Waals surface area contributed by atoms with Gasteiger partial charge in [-0.15, -0.1) is 0 Å². The molecule has 1 amide bonds. The number of amides is 1. The summed E-state index contributed by atoms with van der Waals surface area (Å²) < 4.78 is 5.74. The van der Waals surface area contributed by atoms with Crippen LogP contribution in [0.2, 0.25) is 0 Å². The molecular formula is C22H25N3O2. The van der Waals surface area contributed by atoms with Gasteiger partial charge in [0.05, 0.1) is 11.7 Å². The van der Waals surface area contributed by atoms with Gasteiger partial charge in [-0.3, -0.25) is 9.78 Å². The average molecular weight is 363 g/mol. The molecule has 0 unspecified atom stereocenters. The second-order valence-corrected chi connectivity index (χ2v) is 7.37. The van der Waals surface area contributed by atoms with Crippen LogP contribution in [-0.2, 0) is 0 Å².